The minimum Gasteiger partial charge on any atom is -0.478 e. The van der Waals surface area contributed by atoms with Crippen molar-refractivity contribution >= 4 is 23.3 Å². The molecular formula is C24H23N3O3. The van der Waals surface area contributed by atoms with Gasteiger partial charge in [0.05, 0.1) is 17.3 Å². The molecule has 0 aliphatic carbocycles. The van der Waals surface area contributed by atoms with Crippen molar-refractivity contribution in [3.63, 3.8) is 0 Å². The first-order valence-corrected chi connectivity index (χ1v) is 9.88. The number of hydrogen-bond donors (Lipinski definition) is 2. The maximum Gasteiger partial charge on any atom is 0.335 e. The second kappa shape index (κ2) is 7.99. The van der Waals surface area contributed by atoms with Crippen molar-refractivity contribution in [1.29, 1.82) is 0 Å². The molecule has 0 fully saturated rings. The molecule has 152 valence electrons. The van der Waals surface area contributed by atoms with Gasteiger partial charge in [0.2, 0.25) is 5.91 Å². The molecule has 2 aromatic carbocycles. The summed E-state index contributed by atoms with van der Waals surface area (Å²) >= 11 is 0. The number of carboxylic acid groups (broad SMARTS) is 1. The number of rotatable bonds is 4. The summed E-state index contributed by atoms with van der Waals surface area (Å²) in [6.07, 6.45) is 4.26. The lowest BCUT2D eigenvalue weighted by Crippen LogP contribution is -2.43. The largest absolute Gasteiger partial charge is 0.478 e. The highest BCUT2D eigenvalue weighted by Gasteiger charge is 2.32. The average Bonchev–Trinajstić information content (AvgIpc) is 2.74. The van der Waals surface area contributed by atoms with Crippen LogP contribution < -0.4 is 10.2 Å². The minimum absolute atomic E-state index is 0.00240. The van der Waals surface area contributed by atoms with Crippen LogP contribution in [0.3, 0.4) is 0 Å². The van der Waals surface area contributed by atoms with Crippen LogP contribution in [0.15, 0.2) is 67.0 Å². The zero-order valence-electron chi connectivity index (χ0n) is 16.9. The second-order valence-corrected chi connectivity index (χ2v) is 7.57. The summed E-state index contributed by atoms with van der Waals surface area (Å²) in [5, 5.41) is 12.9. The summed E-state index contributed by atoms with van der Waals surface area (Å²) in [5.74, 6) is -0.952. The van der Waals surface area contributed by atoms with Crippen LogP contribution in [0.25, 0.3) is 11.1 Å². The molecule has 2 unspecified atom stereocenters. The molecule has 1 aliphatic heterocycles. The molecular weight excluding hydrogens is 378 g/mol. The maximum absolute atomic E-state index is 12.3. The number of aromatic nitrogens is 1. The van der Waals surface area contributed by atoms with E-state index in [2.05, 4.69) is 10.3 Å². The highest BCUT2D eigenvalue weighted by Crippen LogP contribution is 2.41. The molecule has 0 bridgehead atoms. The molecule has 30 heavy (non-hydrogen) atoms. The Morgan fingerprint density at radius 3 is 2.60 bits per heavy atom. The van der Waals surface area contributed by atoms with Crippen LogP contribution in [0.1, 0.15) is 42.2 Å². The predicted octanol–water partition coefficient (Wildman–Crippen LogP) is 4.75. The molecule has 0 saturated heterocycles. The monoisotopic (exact) mass is 401 g/mol. The van der Waals surface area contributed by atoms with Gasteiger partial charge in [0.25, 0.3) is 0 Å². The molecule has 2 N–H and O–H groups in total. The standard InChI is InChI=1S/C24H23N3O3/c1-15-11-22(26-20-7-4-10-25-14-20)21-13-18(8-9-23(21)27(15)16(2)28)17-5-3-6-19(12-17)24(29)30/h3-10,12-15,22,26H,11H2,1-2H3,(H,29,30). The van der Waals surface area contributed by atoms with Crippen molar-refractivity contribution in [3.8, 4) is 11.1 Å². The number of carbonyl (C=O) groups is 2. The van der Waals surface area contributed by atoms with E-state index < -0.39 is 5.97 Å². The Bertz CT molecular complexity index is 1100. The Labute approximate surface area is 175 Å². The van der Waals surface area contributed by atoms with E-state index in [0.29, 0.717) is 0 Å². The van der Waals surface area contributed by atoms with Gasteiger partial charge in [-0.25, -0.2) is 4.79 Å². The van der Waals surface area contributed by atoms with Gasteiger partial charge in [-0.05, 0) is 66.4 Å². The van der Waals surface area contributed by atoms with Crippen molar-refractivity contribution in [2.75, 3.05) is 10.2 Å². The molecule has 1 amide bonds. The van der Waals surface area contributed by atoms with E-state index >= 15 is 0 Å². The first-order chi connectivity index (χ1) is 14.4. The molecule has 6 heteroatoms. The number of aromatic carboxylic acids is 1. The average molecular weight is 401 g/mol. The van der Waals surface area contributed by atoms with Gasteiger partial charge in [-0.1, -0.05) is 18.2 Å². The van der Waals surface area contributed by atoms with E-state index in [4.69, 9.17) is 0 Å². The third kappa shape index (κ3) is 3.76. The van der Waals surface area contributed by atoms with Crippen molar-refractivity contribution in [1.82, 2.24) is 4.98 Å². The number of amides is 1. The number of nitrogens with one attached hydrogen (secondary N) is 1. The van der Waals surface area contributed by atoms with Gasteiger partial charge in [-0.15, -0.1) is 0 Å². The Morgan fingerprint density at radius 1 is 1.10 bits per heavy atom. The Balaban J connectivity index is 1.79. The van der Waals surface area contributed by atoms with E-state index in [9.17, 15) is 14.7 Å². The van der Waals surface area contributed by atoms with Gasteiger partial charge in [0.15, 0.2) is 0 Å². The SMILES string of the molecule is CC(=O)N1c2ccc(-c3cccc(C(=O)O)c3)cc2C(Nc2cccnc2)CC1C. The van der Waals surface area contributed by atoms with E-state index in [1.165, 1.54) is 0 Å². The van der Waals surface area contributed by atoms with Gasteiger partial charge in [0.1, 0.15) is 0 Å². The van der Waals surface area contributed by atoms with Crippen LogP contribution in [-0.2, 0) is 4.79 Å². The summed E-state index contributed by atoms with van der Waals surface area (Å²) in [5.41, 5.74) is 4.77. The Kier molecular flexibility index (Phi) is 5.23. The highest BCUT2D eigenvalue weighted by atomic mass is 16.4. The van der Waals surface area contributed by atoms with Crippen LogP contribution in [0.4, 0.5) is 11.4 Å². The molecule has 2 atom stereocenters. The molecule has 4 rings (SSSR count). The van der Waals surface area contributed by atoms with Crippen LogP contribution in [0.5, 0.6) is 0 Å². The number of carboxylic acids is 1. The lowest BCUT2D eigenvalue weighted by Gasteiger charge is -2.39. The summed E-state index contributed by atoms with van der Waals surface area (Å²) in [6.45, 7) is 3.63. The molecule has 0 radical (unpaired) electrons. The smallest absolute Gasteiger partial charge is 0.335 e. The fraction of sp³-hybridized carbons (Fsp3) is 0.208. The van der Waals surface area contributed by atoms with Crippen LogP contribution >= 0.6 is 0 Å². The van der Waals surface area contributed by atoms with Gasteiger partial charge in [-0.3, -0.25) is 9.78 Å². The molecule has 1 aliphatic rings. The molecule has 0 spiro atoms. The van der Waals surface area contributed by atoms with Crippen molar-refractivity contribution < 1.29 is 14.7 Å². The molecule has 1 aromatic heterocycles. The predicted molar refractivity (Wildman–Crippen MR) is 117 cm³/mol. The molecule has 2 heterocycles. The lowest BCUT2D eigenvalue weighted by molar-refractivity contribution is -0.117. The lowest BCUT2D eigenvalue weighted by atomic mass is 9.88. The van der Waals surface area contributed by atoms with Crippen LogP contribution in [0, 0.1) is 0 Å². The van der Waals surface area contributed by atoms with Crippen molar-refractivity contribution in [2.45, 2.75) is 32.4 Å². The molecule has 3 aromatic rings. The maximum atomic E-state index is 12.3. The quantitative estimate of drug-likeness (QED) is 0.659. The first kappa shape index (κ1) is 19.6. The topological polar surface area (TPSA) is 82.5 Å². The van der Waals surface area contributed by atoms with Crippen LogP contribution in [0.2, 0.25) is 0 Å². The highest BCUT2D eigenvalue weighted by molar-refractivity contribution is 5.94. The Hall–Kier alpha value is -3.67. The fourth-order valence-corrected chi connectivity index (χ4v) is 4.14. The van der Waals surface area contributed by atoms with E-state index in [-0.39, 0.29) is 23.6 Å². The van der Waals surface area contributed by atoms with Gasteiger partial charge in [-0.2, -0.15) is 0 Å². The van der Waals surface area contributed by atoms with Crippen molar-refractivity contribution in [2.24, 2.45) is 0 Å². The second-order valence-electron chi connectivity index (χ2n) is 7.57. The third-order valence-electron chi connectivity index (χ3n) is 5.46. The minimum atomic E-state index is -0.956. The number of pyridine rings is 1. The van der Waals surface area contributed by atoms with Gasteiger partial charge in [0, 0.05) is 31.0 Å². The number of anilines is 2. The van der Waals surface area contributed by atoms with E-state index in [1.807, 2.05) is 48.2 Å². The number of hydrogen-bond acceptors (Lipinski definition) is 4. The van der Waals surface area contributed by atoms with Gasteiger partial charge < -0.3 is 15.3 Å². The zero-order valence-corrected chi connectivity index (χ0v) is 16.9. The van der Waals surface area contributed by atoms with Crippen LogP contribution in [-0.4, -0.2) is 28.0 Å². The third-order valence-corrected chi connectivity index (χ3v) is 5.46. The summed E-state index contributed by atoms with van der Waals surface area (Å²) in [7, 11) is 0. The van der Waals surface area contributed by atoms with E-state index in [0.717, 1.165) is 34.5 Å². The fourth-order valence-electron chi connectivity index (χ4n) is 4.14. The Morgan fingerprint density at radius 2 is 1.90 bits per heavy atom. The summed E-state index contributed by atoms with van der Waals surface area (Å²) < 4.78 is 0. The van der Waals surface area contributed by atoms with E-state index in [1.54, 1.807) is 37.5 Å². The summed E-state index contributed by atoms with van der Waals surface area (Å²) in [6, 6.07) is 16.7. The normalized spacial score (nSPS) is 17.9. The first-order valence-electron chi connectivity index (χ1n) is 9.88. The van der Waals surface area contributed by atoms with Crippen molar-refractivity contribution in [3.05, 3.63) is 78.1 Å². The summed E-state index contributed by atoms with van der Waals surface area (Å²) in [4.78, 5) is 29.7. The number of nitrogens with zero attached hydrogens (tertiary/aromatic N) is 2. The number of benzene rings is 2. The molecule has 0 saturated carbocycles. The zero-order chi connectivity index (χ0) is 21.3. The number of fused-ring (bicyclic) bond motifs is 1. The number of carbonyl (C=O) groups excluding carboxylic acids is 1. The van der Waals surface area contributed by atoms with Gasteiger partial charge >= 0.3 is 5.97 Å². The molecule has 6 nitrogen and oxygen atoms in total.